The van der Waals surface area contributed by atoms with Crippen LogP contribution in [0.1, 0.15) is 18.4 Å². The lowest BCUT2D eigenvalue weighted by Gasteiger charge is -2.13. The molecule has 5 heteroatoms. The number of hydrogen-bond donors (Lipinski definition) is 0. The molecular weight excluding hydrogens is 239 g/mol. The van der Waals surface area contributed by atoms with Crippen molar-refractivity contribution in [3.05, 3.63) is 47.8 Å². The smallest absolute Gasteiger partial charge is 0.199 e. The van der Waals surface area contributed by atoms with Gasteiger partial charge in [0, 0.05) is 6.42 Å². The highest BCUT2D eigenvalue weighted by Crippen LogP contribution is 2.33. The quantitative estimate of drug-likeness (QED) is 0.663. The Labute approximate surface area is 95.8 Å². The van der Waals surface area contributed by atoms with E-state index in [0.29, 0.717) is 6.42 Å². The van der Waals surface area contributed by atoms with Crippen molar-refractivity contribution < 1.29 is 22.0 Å². The van der Waals surface area contributed by atoms with Crippen LogP contribution in [0.15, 0.2) is 42.2 Å². The monoisotopic (exact) mass is 250 g/mol. The summed E-state index contributed by atoms with van der Waals surface area (Å²) in [5, 5.41) is 0. The molecule has 17 heavy (non-hydrogen) atoms. The average Bonchev–Trinajstić information content (AvgIpc) is 2.29. The summed E-state index contributed by atoms with van der Waals surface area (Å²) in [6.45, 7) is 0. The number of allylic oxidation sites excluding steroid dienone is 1. The van der Waals surface area contributed by atoms with Gasteiger partial charge in [0.25, 0.3) is 0 Å². The van der Waals surface area contributed by atoms with Crippen molar-refractivity contribution in [1.82, 2.24) is 0 Å². The molecule has 0 fully saturated rings. The third-order valence-electron chi connectivity index (χ3n) is 2.29. The molecule has 0 spiro atoms. The molecule has 0 nitrogen and oxygen atoms in total. The fourth-order valence-electron chi connectivity index (χ4n) is 1.41. The zero-order valence-corrected chi connectivity index (χ0v) is 8.90. The molecule has 0 saturated carbocycles. The number of hydrogen-bond acceptors (Lipinski definition) is 0. The Morgan fingerprint density at radius 3 is 2.12 bits per heavy atom. The Morgan fingerprint density at radius 2 is 1.59 bits per heavy atom. The Balaban J connectivity index is 2.49. The molecule has 0 aliphatic rings. The Hall–Kier alpha value is -1.39. The number of benzene rings is 1. The van der Waals surface area contributed by atoms with Crippen LogP contribution in [-0.4, -0.2) is 5.92 Å². The molecular formula is C12H11F5. The first kappa shape index (κ1) is 13.7. The largest absolute Gasteiger partial charge is 0.307 e. The fraction of sp³-hybridized carbons (Fsp3) is 0.333. The van der Waals surface area contributed by atoms with E-state index in [4.69, 9.17) is 0 Å². The molecule has 0 aliphatic heterocycles. The maximum absolute atomic E-state index is 12.9. The number of halogens is 5. The summed E-state index contributed by atoms with van der Waals surface area (Å²) in [5.41, 5.74) is 0.813. The van der Waals surface area contributed by atoms with Gasteiger partial charge < -0.3 is 0 Å². The Bertz CT molecular complexity index is 379. The number of rotatable bonds is 5. The molecule has 0 N–H and O–H groups in total. The molecule has 1 aromatic rings. The van der Waals surface area contributed by atoms with Crippen LogP contribution in [0.4, 0.5) is 22.0 Å². The van der Waals surface area contributed by atoms with E-state index in [1.807, 2.05) is 0 Å². The van der Waals surface area contributed by atoms with Crippen molar-refractivity contribution in [2.45, 2.75) is 25.2 Å². The Morgan fingerprint density at radius 1 is 1.00 bits per heavy atom. The predicted molar refractivity (Wildman–Crippen MR) is 54.7 cm³/mol. The SMILES string of the molecule is FC(F)=C(F)C(F)(F)CCCc1ccccc1. The molecule has 0 radical (unpaired) electrons. The van der Waals surface area contributed by atoms with Gasteiger partial charge in [-0.2, -0.15) is 22.0 Å². The van der Waals surface area contributed by atoms with Crippen LogP contribution in [0, 0.1) is 0 Å². The molecule has 1 aromatic carbocycles. The van der Waals surface area contributed by atoms with Gasteiger partial charge in [-0.3, -0.25) is 0 Å². The minimum Gasteiger partial charge on any atom is -0.199 e. The van der Waals surface area contributed by atoms with E-state index in [-0.39, 0.29) is 6.42 Å². The lowest BCUT2D eigenvalue weighted by Crippen LogP contribution is -2.17. The van der Waals surface area contributed by atoms with Crippen molar-refractivity contribution in [1.29, 1.82) is 0 Å². The highest BCUT2D eigenvalue weighted by molar-refractivity contribution is 5.15. The summed E-state index contributed by atoms with van der Waals surface area (Å²) >= 11 is 0. The van der Waals surface area contributed by atoms with E-state index in [1.54, 1.807) is 30.3 Å². The first-order valence-electron chi connectivity index (χ1n) is 5.06. The molecule has 0 saturated heterocycles. The highest BCUT2D eigenvalue weighted by Gasteiger charge is 2.38. The van der Waals surface area contributed by atoms with E-state index < -0.39 is 24.3 Å². The van der Waals surface area contributed by atoms with Crippen molar-refractivity contribution in [2.24, 2.45) is 0 Å². The van der Waals surface area contributed by atoms with Gasteiger partial charge in [0.1, 0.15) is 0 Å². The first-order valence-corrected chi connectivity index (χ1v) is 5.06. The second-order valence-corrected chi connectivity index (χ2v) is 3.62. The first-order chi connectivity index (χ1) is 7.93. The molecule has 1 rings (SSSR count). The van der Waals surface area contributed by atoms with Gasteiger partial charge in [-0.1, -0.05) is 30.3 Å². The highest BCUT2D eigenvalue weighted by atomic mass is 19.3. The van der Waals surface area contributed by atoms with Gasteiger partial charge in [-0.15, -0.1) is 0 Å². The number of aryl methyl sites for hydroxylation is 1. The van der Waals surface area contributed by atoms with Crippen LogP contribution in [0.2, 0.25) is 0 Å². The van der Waals surface area contributed by atoms with Gasteiger partial charge in [0.05, 0.1) is 0 Å². The molecule has 0 bridgehead atoms. The summed E-state index contributed by atoms with van der Waals surface area (Å²) in [6, 6.07) is 8.74. The molecule has 0 aromatic heterocycles. The predicted octanol–water partition coefficient (Wildman–Crippen LogP) is 4.72. The second kappa shape index (κ2) is 5.80. The molecule has 94 valence electrons. The standard InChI is InChI=1S/C12H11F5/c13-10(11(14)15)12(16,17)8-4-7-9-5-2-1-3-6-9/h1-3,5-6H,4,7-8H2. The molecule has 0 heterocycles. The number of alkyl halides is 2. The van der Waals surface area contributed by atoms with Crippen molar-refractivity contribution >= 4 is 0 Å². The molecule has 0 unspecified atom stereocenters. The minimum atomic E-state index is -4.08. The molecule has 0 atom stereocenters. The zero-order valence-electron chi connectivity index (χ0n) is 8.90. The van der Waals surface area contributed by atoms with Crippen LogP contribution in [-0.2, 0) is 6.42 Å². The normalized spacial score (nSPS) is 11.4. The third-order valence-corrected chi connectivity index (χ3v) is 2.29. The van der Waals surface area contributed by atoms with Gasteiger partial charge >= 0.3 is 12.0 Å². The summed E-state index contributed by atoms with van der Waals surface area (Å²) in [6.07, 6.45) is -3.63. The van der Waals surface area contributed by atoms with E-state index in [1.165, 1.54) is 0 Å². The van der Waals surface area contributed by atoms with Gasteiger partial charge in [-0.25, -0.2) is 0 Å². The van der Waals surface area contributed by atoms with Gasteiger partial charge in [0.15, 0.2) is 0 Å². The second-order valence-electron chi connectivity index (χ2n) is 3.62. The van der Waals surface area contributed by atoms with E-state index in [9.17, 15) is 22.0 Å². The summed E-state index contributed by atoms with van der Waals surface area (Å²) in [7, 11) is 0. The van der Waals surface area contributed by atoms with Crippen LogP contribution in [0.25, 0.3) is 0 Å². The summed E-state index contributed by atoms with van der Waals surface area (Å²) < 4.78 is 61.5. The van der Waals surface area contributed by atoms with Crippen LogP contribution in [0.3, 0.4) is 0 Å². The van der Waals surface area contributed by atoms with Gasteiger partial charge in [-0.05, 0) is 18.4 Å². The maximum atomic E-state index is 12.9. The molecule has 0 aliphatic carbocycles. The van der Waals surface area contributed by atoms with Crippen molar-refractivity contribution in [3.8, 4) is 0 Å². The van der Waals surface area contributed by atoms with Crippen LogP contribution >= 0.6 is 0 Å². The fourth-order valence-corrected chi connectivity index (χ4v) is 1.41. The zero-order chi connectivity index (χ0) is 12.9. The summed E-state index contributed by atoms with van der Waals surface area (Å²) in [5.74, 6) is -6.70. The third kappa shape index (κ3) is 4.17. The van der Waals surface area contributed by atoms with Gasteiger partial charge in [0.2, 0.25) is 5.83 Å². The molecule has 0 amide bonds. The topological polar surface area (TPSA) is 0 Å². The summed E-state index contributed by atoms with van der Waals surface area (Å²) in [4.78, 5) is 0. The maximum Gasteiger partial charge on any atom is 0.307 e. The minimum absolute atomic E-state index is 0.0578. The lowest BCUT2D eigenvalue weighted by molar-refractivity contribution is 0.000740. The van der Waals surface area contributed by atoms with Crippen molar-refractivity contribution in [2.75, 3.05) is 0 Å². The average molecular weight is 250 g/mol. The van der Waals surface area contributed by atoms with E-state index in [2.05, 4.69) is 0 Å². The van der Waals surface area contributed by atoms with Crippen LogP contribution in [0.5, 0.6) is 0 Å². The van der Waals surface area contributed by atoms with E-state index in [0.717, 1.165) is 5.56 Å². The van der Waals surface area contributed by atoms with Crippen LogP contribution < -0.4 is 0 Å². The lowest BCUT2D eigenvalue weighted by atomic mass is 10.1. The van der Waals surface area contributed by atoms with Crippen molar-refractivity contribution in [3.63, 3.8) is 0 Å². The Kier molecular flexibility index (Phi) is 4.66. The van der Waals surface area contributed by atoms with E-state index >= 15 is 0 Å².